The van der Waals surface area contributed by atoms with E-state index >= 15 is 0 Å². The van der Waals surface area contributed by atoms with Gasteiger partial charge in [0.05, 0.1) is 0 Å². The summed E-state index contributed by atoms with van der Waals surface area (Å²) >= 11 is 0. The zero-order valence-corrected chi connectivity index (χ0v) is 15.4. The van der Waals surface area contributed by atoms with E-state index in [-0.39, 0.29) is 17.7 Å². The molecule has 0 N–H and O–H groups in total. The van der Waals surface area contributed by atoms with Gasteiger partial charge < -0.3 is 9.80 Å². The minimum atomic E-state index is 0.139. The van der Waals surface area contributed by atoms with Gasteiger partial charge in [0, 0.05) is 38.0 Å². The molecule has 0 aliphatic carbocycles. The lowest BCUT2D eigenvalue weighted by Crippen LogP contribution is -2.36. The first-order chi connectivity index (χ1) is 9.76. The minimum Gasteiger partial charge on any atom is -0.343 e. The van der Waals surface area contributed by atoms with Crippen molar-refractivity contribution >= 4 is 11.8 Å². The number of amides is 2. The number of rotatable bonds is 7. The molecule has 126 valence electrons. The molecule has 0 saturated heterocycles. The Balaban J connectivity index is 0. The molecule has 0 spiro atoms. The van der Waals surface area contributed by atoms with Crippen molar-refractivity contribution in [1.82, 2.24) is 9.80 Å². The van der Waals surface area contributed by atoms with Crippen LogP contribution in [0.15, 0.2) is 0 Å². The van der Waals surface area contributed by atoms with E-state index < -0.39 is 0 Å². The second-order valence-electron chi connectivity index (χ2n) is 5.69. The average molecular weight is 300 g/mol. The van der Waals surface area contributed by atoms with Crippen LogP contribution in [0.4, 0.5) is 0 Å². The largest absolute Gasteiger partial charge is 0.343 e. The topological polar surface area (TPSA) is 40.6 Å². The van der Waals surface area contributed by atoms with Gasteiger partial charge in [-0.2, -0.15) is 0 Å². The van der Waals surface area contributed by atoms with Gasteiger partial charge in [-0.3, -0.25) is 9.59 Å². The Labute approximate surface area is 131 Å². The van der Waals surface area contributed by atoms with E-state index in [4.69, 9.17) is 0 Å². The predicted octanol–water partition coefficient (Wildman–Crippen LogP) is 3.55. The fourth-order valence-corrected chi connectivity index (χ4v) is 2.09. The van der Waals surface area contributed by atoms with Gasteiger partial charge in [0.15, 0.2) is 0 Å². The second-order valence-corrected chi connectivity index (χ2v) is 5.69. The zero-order chi connectivity index (χ0) is 17.0. The molecule has 0 aromatic carbocycles. The molecule has 0 radical (unpaired) electrons. The van der Waals surface area contributed by atoms with Crippen LogP contribution in [-0.4, -0.2) is 47.3 Å². The summed E-state index contributed by atoms with van der Waals surface area (Å²) in [6, 6.07) is 0.346. The maximum Gasteiger partial charge on any atom is 0.225 e. The monoisotopic (exact) mass is 300 g/mol. The molecule has 2 amide bonds. The Bertz CT molecular complexity index is 285. The highest BCUT2D eigenvalue weighted by molar-refractivity contribution is 5.78. The molecule has 0 bridgehead atoms. The van der Waals surface area contributed by atoms with Gasteiger partial charge >= 0.3 is 0 Å². The lowest BCUT2D eigenvalue weighted by molar-refractivity contribution is -0.134. The van der Waals surface area contributed by atoms with Crippen molar-refractivity contribution in [2.24, 2.45) is 5.92 Å². The Morgan fingerprint density at radius 1 is 0.857 bits per heavy atom. The molecule has 0 saturated carbocycles. The maximum atomic E-state index is 11.3. The first kappa shape index (κ1) is 22.2. The maximum absolute atomic E-state index is 11.3. The lowest BCUT2D eigenvalue weighted by atomic mass is 10.2. The van der Waals surface area contributed by atoms with Crippen LogP contribution >= 0.6 is 0 Å². The van der Waals surface area contributed by atoms with E-state index in [2.05, 4.69) is 13.8 Å². The summed E-state index contributed by atoms with van der Waals surface area (Å²) in [6.45, 7) is 18.5. The van der Waals surface area contributed by atoms with Crippen LogP contribution in [0.1, 0.15) is 68.2 Å². The SMILES string of the molecule is CCCC(=O)N(CC)C(C)C.CCN(CC)C(=O)C(C)C. The van der Waals surface area contributed by atoms with Crippen LogP contribution in [0.3, 0.4) is 0 Å². The van der Waals surface area contributed by atoms with E-state index in [1.165, 1.54) is 0 Å². The Morgan fingerprint density at radius 2 is 1.33 bits per heavy atom. The van der Waals surface area contributed by atoms with Crippen molar-refractivity contribution < 1.29 is 9.59 Å². The second kappa shape index (κ2) is 12.7. The van der Waals surface area contributed by atoms with Crippen molar-refractivity contribution in [3.63, 3.8) is 0 Å². The summed E-state index contributed by atoms with van der Waals surface area (Å²) in [5.74, 6) is 0.676. The van der Waals surface area contributed by atoms with Gasteiger partial charge in [0.2, 0.25) is 11.8 Å². The molecule has 0 atom stereocenters. The van der Waals surface area contributed by atoms with Crippen LogP contribution in [0, 0.1) is 5.92 Å². The third-order valence-corrected chi connectivity index (χ3v) is 3.32. The number of carbonyl (C=O) groups is 2. The van der Waals surface area contributed by atoms with E-state index in [0.717, 1.165) is 26.1 Å². The van der Waals surface area contributed by atoms with Gasteiger partial charge in [-0.1, -0.05) is 20.8 Å². The van der Waals surface area contributed by atoms with Crippen molar-refractivity contribution in [3.8, 4) is 0 Å². The van der Waals surface area contributed by atoms with E-state index in [1.807, 2.05) is 51.3 Å². The van der Waals surface area contributed by atoms with Crippen LogP contribution < -0.4 is 0 Å². The highest BCUT2D eigenvalue weighted by atomic mass is 16.2. The number of carbonyl (C=O) groups excluding carboxylic acids is 2. The summed E-state index contributed by atoms with van der Waals surface area (Å²) in [4.78, 5) is 26.3. The molecule has 4 nitrogen and oxygen atoms in total. The van der Waals surface area contributed by atoms with Crippen molar-refractivity contribution in [2.75, 3.05) is 19.6 Å². The van der Waals surface area contributed by atoms with Crippen LogP contribution in [0.25, 0.3) is 0 Å². The Hall–Kier alpha value is -1.06. The van der Waals surface area contributed by atoms with E-state index in [1.54, 1.807) is 0 Å². The quantitative estimate of drug-likeness (QED) is 0.721. The zero-order valence-electron chi connectivity index (χ0n) is 15.4. The molecule has 0 aromatic heterocycles. The molecule has 0 rings (SSSR count). The first-order valence-electron chi connectivity index (χ1n) is 8.34. The van der Waals surface area contributed by atoms with Gasteiger partial charge in [-0.05, 0) is 41.0 Å². The summed E-state index contributed by atoms with van der Waals surface area (Å²) in [5, 5.41) is 0. The van der Waals surface area contributed by atoms with Crippen LogP contribution in [0.2, 0.25) is 0 Å². The smallest absolute Gasteiger partial charge is 0.225 e. The Morgan fingerprint density at radius 3 is 1.52 bits per heavy atom. The normalized spacial score (nSPS) is 10.2. The molecule has 0 aliphatic heterocycles. The standard InChI is InChI=1S/C9H19NO.C8H17NO/c1-5-7-9(11)10(6-2)8(3)4;1-5-9(6-2)8(10)7(3)4/h8H,5-7H2,1-4H3;7H,5-6H2,1-4H3. The lowest BCUT2D eigenvalue weighted by Gasteiger charge is -2.24. The molecular formula is C17H36N2O2. The molecular weight excluding hydrogens is 264 g/mol. The molecule has 21 heavy (non-hydrogen) atoms. The molecule has 0 aromatic rings. The molecule has 0 unspecified atom stereocenters. The molecule has 0 aliphatic rings. The minimum absolute atomic E-state index is 0.139. The third kappa shape index (κ3) is 9.48. The molecule has 4 heteroatoms. The fraction of sp³-hybridized carbons (Fsp3) is 0.882. The first-order valence-corrected chi connectivity index (χ1v) is 8.34. The van der Waals surface area contributed by atoms with Crippen molar-refractivity contribution in [3.05, 3.63) is 0 Å². The molecule has 0 heterocycles. The molecule has 0 fully saturated rings. The third-order valence-electron chi connectivity index (χ3n) is 3.32. The van der Waals surface area contributed by atoms with Gasteiger partial charge in [0.1, 0.15) is 0 Å². The average Bonchev–Trinajstić information content (AvgIpc) is 2.41. The number of hydrogen-bond donors (Lipinski definition) is 0. The summed E-state index contributed by atoms with van der Waals surface area (Å²) in [5.41, 5.74) is 0. The van der Waals surface area contributed by atoms with Gasteiger partial charge in [-0.15, -0.1) is 0 Å². The summed E-state index contributed by atoms with van der Waals surface area (Å²) in [6.07, 6.45) is 1.63. The number of hydrogen-bond acceptors (Lipinski definition) is 2. The summed E-state index contributed by atoms with van der Waals surface area (Å²) in [7, 11) is 0. The van der Waals surface area contributed by atoms with Crippen molar-refractivity contribution in [1.29, 1.82) is 0 Å². The van der Waals surface area contributed by atoms with Crippen LogP contribution in [0.5, 0.6) is 0 Å². The van der Waals surface area contributed by atoms with Gasteiger partial charge in [-0.25, -0.2) is 0 Å². The Kier molecular flexibility index (Phi) is 13.4. The van der Waals surface area contributed by atoms with Crippen LogP contribution in [-0.2, 0) is 9.59 Å². The number of nitrogens with zero attached hydrogens (tertiary/aromatic N) is 2. The highest BCUT2D eigenvalue weighted by Crippen LogP contribution is 2.02. The summed E-state index contributed by atoms with van der Waals surface area (Å²) < 4.78 is 0. The van der Waals surface area contributed by atoms with Crippen molar-refractivity contribution in [2.45, 2.75) is 74.3 Å². The van der Waals surface area contributed by atoms with E-state index in [9.17, 15) is 9.59 Å². The highest BCUT2D eigenvalue weighted by Gasteiger charge is 2.13. The fourth-order valence-electron chi connectivity index (χ4n) is 2.09. The van der Waals surface area contributed by atoms with E-state index in [0.29, 0.717) is 12.5 Å². The predicted molar refractivity (Wildman–Crippen MR) is 90.2 cm³/mol. The van der Waals surface area contributed by atoms with Gasteiger partial charge in [0.25, 0.3) is 0 Å².